The van der Waals surface area contributed by atoms with Gasteiger partial charge in [0.15, 0.2) is 0 Å². The van der Waals surface area contributed by atoms with Crippen molar-refractivity contribution in [3.8, 4) is 0 Å². The third-order valence-corrected chi connectivity index (χ3v) is 6.36. The molecule has 4 nitrogen and oxygen atoms in total. The molecule has 160 valence electrons. The van der Waals surface area contributed by atoms with E-state index in [-0.39, 0.29) is 5.91 Å². The third-order valence-electron chi connectivity index (χ3n) is 6.36. The normalized spacial score (nSPS) is 15.7. The van der Waals surface area contributed by atoms with Crippen LogP contribution in [0.3, 0.4) is 0 Å². The molecule has 0 saturated heterocycles. The molecule has 2 aliphatic heterocycles. The minimum Gasteiger partial charge on any atom is -0.336 e. The number of hydrogen-bond acceptors (Lipinski definition) is 3. The van der Waals surface area contributed by atoms with Gasteiger partial charge < -0.3 is 4.90 Å². The van der Waals surface area contributed by atoms with Gasteiger partial charge in [0.05, 0.1) is 11.3 Å². The predicted molar refractivity (Wildman–Crippen MR) is 127 cm³/mol. The Hall–Kier alpha value is -4.25. The van der Waals surface area contributed by atoms with Gasteiger partial charge in [0.2, 0.25) is 0 Å². The lowest BCUT2D eigenvalue weighted by Gasteiger charge is -2.22. The predicted octanol–water partition coefficient (Wildman–Crippen LogP) is 5.33. The summed E-state index contributed by atoms with van der Waals surface area (Å²) in [6.45, 7) is 0.599. The molecule has 2 amide bonds. The largest absolute Gasteiger partial charge is 0.336 e. The zero-order valence-electron chi connectivity index (χ0n) is 17.7. The van der Waals surface area contributed by atoms with Gasteiger partial charge in [0, 0.05) is 17.6 Å². The van der Waals surface area contributed by atoms with Crippen LogP contribution in [0.25, 0.3) is 16.3 Å². The minimum atomic E-state index is -0.401. The van der Waals surface area contributed by atoms with Gasteiger partial charge in [-0.1, -0.05) is 66.7 Å². The summed E-state index contributed by atoms with van der Waals surface area (Å²) in [6.07, 6.45) is 0.784. The van der Waals surface area contributed by atoms with Crippen LogP contribution in [-0.2, 0) is 16.0 Å². The van der Waals surface area contributed by atoms with Crippen LogP contribution in [-0.4, -0.2) is 18.4 Å². The Bertz CT molecular complexity index is 1470. The van der Waals surface area contributed by atoms with E-state index in [2.05, 4.69) is 0 Å². The van der Waals surface area contributed by atoms with Gasteiger partial charge in [0.1, 0.15) is 11.5 Å². The fourth-order valence-electron chi connectivity index (χ4n) is 4.84. The molecule has 4 aromatic rings. The summed E-state index contributed by atoms with van der Waals surface area (Å²) >= 11 is 0. The third kappa shape index (κ3) is 2.97. The van der Waals surface area contributed by atoms with E-state index in [1.165, 1.54) is 17.0 Å². The standard InChI is InChI=1S/C28H19FN2O2/c29-21-14-12-20(13-15-21)25-26(30-17-16-19-7-2-4-10-23(19)30)28(33)31(27(25)32)24-11-5-8-18-6-1-3-9-22(18)24/h1-15H,16-17H2. The number of fused-ring (bicyclic) bond motifs is 2. The molecule has 0 fully saturated rings. The second kappa shape index (κ2) is 7.41. The summed E-state index contributed by atoms with van der Waals surface area (Å²) in [7, 11) is 0. The fourth-order valence-corrected chi connectivity index (χ4v) is 4.84. The average molecular weight is 434 g/mol. The summed E-state index contributed by atoms with van der Waals surface area (Å²) in [6, 6.07) is 26.9. The Morgan fingerprint density at radius 1 is 0.697 bits per heavy atom. The first-order valence-electron chi connectivity index (χ1n) is 10.9. The summed E-state index contributed by atoms with van der Waals surface area (Å²) < 4.78 is 13.7. The van der Waals surface area contributed by atoms with Crippen LogP contribution in [0.5, 0.6) is 0 Å². The topological polar surface area (TPSA) is 40.6 Å². The molecule has 0 atom stereocenters. The maximum atomic E-state index is 13.9. The Labute approximate surface area is 190 Å². The lowest BCUT2D eigenvalue weighted by molar-refractivity contribution is -0.120. The maximum Gasteiger partial charge on any atom is 0.282 e. The highest BCUT2D eigenvalue weighted by Crippen LogP contribution is 2.41. The van der Waals surface area contributed by atoms with Crippen molar-refractivity contribution in [3.63, 3.8) is 0 Å². The van der Waals surface area contributed by atoms with Crippen LogP contribution < -0.4 is 9.80 Å². The Balaban J connectivity index is 1.56. The molecule has 0 saturated carbocycles. The highest BCUT2D eigenvalue weighted by Gasteiger charge is 2.44. The number of hydrogen-bond donors (Lipinski definition) is 0. The van der Waals surface area contributed by atoms with E-state index < -0.39 is 11.7 Å². The average Bonchev–Trinajstić information content (AvgIpc) is 3.37. The number of carbonyl (C=O) groups excluding carboxylic acids is 2. The molecule has 0 unspecified atom stereocenters. The van der Waals surface area contributed by atoms with E-state index in [4.69, 9.17) is 0 Å². The summed E-state index contributed by atoms with van der Waals surface area (Å²) in [5.74, 6) is -1.16. The molecule has 5 heteroatoms. The molecule has 0 N–H and O–H groups in total. The number of benzene rings is 4. The monoisotopic (exact) mass is 434 g/mol. The summed E-state index contributed by atoms with van der Waals surface area (Å²) in [5, 5.41) is 1.77. The number of rotatable bonds is 3. The SMILES string of the molecule is O=C1C(c2ccc(F)cc2)=C(N2CCc3ccccc32)C(=O)N1c1cccc2ccccc12. The molecule has 0 spiro atoms. The summed E-state index contributed by atoms with van der Waals surface area (Å²) in [5.41, 5.74) is 3.76. The van der Waals surface area contributed by atoms with E-state index in [1.54, 1.807) is 18.2 Å². The number of nitrogens with zero attached hydrogens (tertiary/aromatic N) is 2. The molecule has 0 aliphatic carbocycles. The first-order chi connectivity index (χ1) is 16.1. The van der Waals surface area contributed by atoms with E-state index >= 15 is 0 Å². The van der Waals surface area contributed by atoms with Crippen molar-refractivity contribution in [1.29, 1.82) is 0 Å². The second-order valence-corrected chi connectivity index (χ2v) is 8.20. The van der Waals surface area contributed by atoms with E-state index in [9.17, 15) is 14.0 Å². The zero-order valence-corrected chi connectivity index (χ0v) is 17.7. The fraction of sp³-hybridized carbons (Fsp3) is 0.0714. The van der Waals surface area contributed by atoms with E-state index in [0.29, 0.717) is 29.1 Å². The second-order valence-electron chi connectivity index (χ2n) is 8.20. The quantitative estimate of drug-likeness (QED) is 0.410. The smallest absolute Gasteiger partial charge is 0.282 e. The molecule has 2 aliphatic rings. The highest BCUT2D eigenvalue weighted by atomic mass is 19.1. The van der Waals surface area contributed by atoms with E-state index in [1.807, 2.05) is 65.6 Å². The first-order valence-corrected chi connectivity index (χ1v) is 10.9. The Morgan fingerprint density at radius 2 is 1.39 bits per heavy atom. The molecule has 0 radical (unpaired) electrons. The van der Waals surface area contributed by atoms with Crippen LogP contribution in [0.2, 0.25) is 0 Å². The Morgan fingerprint density at radius 3 is 2.24 bits per heavy atom. The molecular formula is C28H19FN2O2. The van der Waals surface area contributed by atoms with Crippen LogP contribution in [0.15, 0.2) is 96.7 Å². The van der Waals surface area contributed by atoms with Gasteiger partial charge in [-0.05, 0) is 47.2 Å². The van der Waals surface area contributed by atoms with Crippen molar-refractivity contribution < 1.29 is 14.0 Å². The van der Waals surface area contributed by atoms with Crippen LogP contribution >= 0.6 is 0 Å². The lowest BCUT2D eigenvalue weighted by atomic mass is 10.0. The molecule has 0 aromatic heterocycles. The Kier molecular flexibility index (Phi) is 4.37. The van der Waals surface area contributed by atoms with E-state index in [0.717, 1.165) is 28.4 Å². The van der Waals surface area contributed by atoms with Crippen LogP contribution in [0, 0.1) is 5.82 Å². The lowest BCUT2D eigenvalue weighted by Crippen LogP contribution is -2.35. The number of amides is 2. The van der Waals surface area contributed by atoms with Crippen LogP contribution in [0.4, 0.5) is 15.8 Å². The minimum absolute atomic E-state index is 0.296. The van der Waals surface area contributed by atoms with Crippen molar-refractivity contribution in [1.82, 2.24) is 0 Å². The number of para-hydroxylation sites is 1. The molecule has 0 bridgehead atoms. The van der Waals surface area contributed by atoms with Gasteiger partial charge in [-0.15, -0.1) is 0 Å². The summed E-state index contributed by atoms with van der Waals surface area (Å²) in [4.78, 5) is 31.0. The molecule has 6 rings (SSSR count). The van der Waals surface area contributed by atoms with Crippen molar-refractivity contribution in [2.75, 3.05) is 16.3 Å². The zero-order chi connectivity index (χ0) is 22.5. The van der Waals surface area contributed by atoms with Crippen molar-refractivity contribution >= 4 is 39.5 Å². The van der Waals surface area contributed by atoms with Gasteiger partial charge in [-0.2, -0.15) is 0 Å². The molecule has 33 heavy (non-hydrogen) atoms. The first kappa shape index (κ1) is 19.4. The van der Waals surface area contributed by atoms with Crippen molar-refractivity contribution in [2.24, 2.45) is 0 Å². The van der Waals surface area contributed by atoms with Gasteiger partial charge in [-0.25, -0.2) is 9.29 Å². The van der Waals surface area contributed by atoms with Gasteiger partial charge in [0.25, 0.3) is 11.8 Å². The number of imide groups is 1. The number of anilines is 2. The molecular weight excluding hydrogens is 415 g/mol. The van der Waals surface area contributed by atoms with Gasteiger partial charge >= 0.3 is 0 Å². The maximum absolute atomic E-state index is 13.9. The number of carbonyl (C=O) groups is 2. The highest BCUT2D eigenvalue weighted by molar-refractivity contribution is 6.47. The number of halogens is 1. The van der Waals surface area contributed by atoms with Crippen molar-refractivity contribution in [3.05, 3.63) is 114 Å². The van der Waals surface area contributed by atoms with Crippen LogP contribution in [0.1, 0.15) is 11.1 Å². The van der Waals surface area contributed by atoms with Gasteiger partial charge in [-0.3, -0.25) is 9.59 Å². The molecule has 2 heterocycles. The van der Waals surface area contributed by atoms with Crippen molar-refractivity contribution in [2.45, 2.75) is 6.42 Å². The molecule has 4 aromatic carbocycles.